The van der Waals surface area contributed by atoms with Crippen LogP contribution >= 0.6 is 0 Å². The molecule has 0 radical (unpaired) electrons. The Balaban J connectivity index is 2.01. The number of ether oxygens (including phenoxy) is 1. The summed E-state index contributed by atoms with van der Waals surface area (Å²) in [5.74, 6) is -0.650. The highest BCUT2D eigenvalue weighted by molar-refractivity contribution is 5.94. The number of esters is 1. The summed E-state index contributed by atoms with van der Waals surface area (Å²) >= 11 is 0. The van der Waals surface area contributed by atoms with E-state index in [0.29, 0.717) is 6.61 Å². The van der Waals surface area contributed by atoms with Crippen molar-refractivity contribution >= 4 is 11.9 Å². The van der Waals surface area contributed by atoms with E-state index >= 15 is 0 Å². The normalized spacial score (nSPS) is 11.7. The molecular formula is C19H29NO4. The van der Waals surface area contributed by atoms with Gasteiger partial charge in [0, 0.05) is 0 Å². The van der Waals surface area contributed by atoms with Crippen molar-refractivity contribution in [1.82, 2.24) is 5.32 Å². The lowest BCUT2D eigenvalue weighted by Gasteiger charge is -2.12. The van der Waals surface area contributed by atoms with Crippen molar-refractivity contribution in [2.75, 3.05) is 6.61 Å². The van der Waals surface area contributed by atoms with Crippen LogP contribution in [0.25, 0.3) is 0 Å². The number of amides is 1. The van der Waals surface area contributed by atoms with Crippen LogP contribution in [0.5, 0.6) is 0 Å². The molecule has 134 valence electrons. The van der Waals surface area contributed by atoms with Crippen LogP contribution in [0.2, 0.25) is 0 Å². The van der Waals surface area contributed by atoms with Crippen molar-refractivity contribution in [3.8, 4) is 0 Å². The zero-order valence-corrected chi connectivity index (χ0v) is 14.6. The van der Waals surface area contributed by atoms with Gasteiger partial charge in [0.15, 0.2) is 5.76 Å². The maximum atomic E-state index is 11.8. The van der Waals surface area contributed by atoms with Gasteiger partial charge in [-0.15, -0.1) is 6.58 Å². The van der Waals surface area contributed by atoms with Gasteiger partial charge in [0.1, 0.15) is 6.04 Å². The average molecular weight is 335 g/mol. The van der Waals surface area contributed by atoms with Crippen molar-refractivity contribution in [3.05, 3.63) is 36.8 Å². The fourth-order valence-corrected chi connectivity index (χ4v) is 2.31. The Morgan fingerprint density at radius 3 is 2.50 bits per heavy atom. The van der Waals surface area contributed by atoms with Gasteiger partial charge >= 0.3 is 5.97 Å². The highest BCUT2D eigenvalue weighted by Gasteiger charge is 2.18. The molecule has 1 amide bonds. The lowest BCUT2D eigenvalue weighted by Crippen LogP contribution is -2.39. The molecule has 0 aliphatic heterocycles. The van der Waals surface area contributed by atoms with Crippen molar-refractivity contribution in [1.29, 1.82) is 0 Å². The minimum atomic E-state index is -0.688. The molecule has 5 nitrogen and oxygen atoms in total. The number of nitrogens with one attached hydrogen (secondary N) is 1. The fraction of sp³-hybridized carbons (Fsp3) is 0.579. The first-order valence-electron chi connectivity index (χ1n) is 8.77. The zero-order chi connectivity index (χ0) is 17.6. The molecule has 1 unspecified atom stereocenters. The first-order chi connectivity index (χ1) is 11.6. The lowest BCUT2D eigenvalue weighted by atomic mass is 10.1. The Hall–Kier alpha value is -2.04. The van der Waals surface area contributed by atoms with Crippen LogP contribution in [0.1, 0.15) is 68.8 Å². The fourth-order valence-electron chi connectivity index (χ4n) is 2.31. The van der Waals surface area contributed by atoms with Gasteiger partial charge in [-0.25, -0.2) is 4.79 Å². The van der Waals surface area contributed by atoms with E-state index in [1.165, 1.54) is 31.9 Å². The van der Waals surface area contributed by atoms with E-state index in [9.17, 15) is 9.59 Å². The molecule has 24 heavy (non-hydrogen) atoms. The third-order valence-electron chi connectivity index (χ3n) is 3.74. The van der Waals surface area contributed by atoms with E-state index in [1.54, 1.807) is 19.1 Å². The molecule has 0 saturated heterocycles. The summed E-state index contributed by atoms with van der Waals surface area (Å²) in [6, 6.07) is 2.48. The number of furan rings is 1. The number of unbranched alkanes of at least 4 members (excludes halogenated alkanes) is 7. The smallest absolute Gasteiger partial charge is 0.328 e. The van der Waals surface area contributed by atoms with Gasteiger partial charge in [-0.2, -0.15) is 0 Å². The molecule has 1 heterocycles. The minimum Gasteiger partial charge on any atom is -0.464 e. The molecule has 5 heteroatoms. The van der Waals surface area contributed by atoms with Crippen molar-refractivity contribution in [2.45, 2.75) is 64.3 Å². The van der Waals surface area contributed by atoms with E-state index < -0.39 is 17.9 Å². The summed E-state index contributed by atoms with van der Waals surface area (Å²) in [6.45, 7) is 5.72. The molecule has 1 atom stereocenters. The number of carbonyl (C=O) groups excluding carboxylic acids is 2. The Morgan fingerprint density at radius 1 is 1.21 bits per heavy atom. The maximum Gasteiger partial charge on any atom is 0.328 e. The quantitative estimate of drug-likeness (QED) is 0.332. The molecule has 0 fully saturated rings. The molecule has 0 aliphatic carbocycles. The molecule has 0 bridgehead atoms. The molecule has 1 rings (SSSR count). The van der Waals surface area contributed by atoms with E-state index in [-0.39, 0.29) is 5.76 Å². The van der Waals surface area contributed by atoms with E-state index in [1.807, 2.05) is 6.08 Å². The largest absolute Gasteiger partial charge is 0.464 e. The molecule has 1 aromatic heterocycles. The lowest BCUT2D eigenvalue weighted by molar-refractivity contribution is -0.145. The highest BCUT2D eigenvalue weighted by atomic mass is 16.5. The highest BCUT2D eigenvalue weighted by Crippen LogP contribution is 2.09. The van der Waals surface area contributed by atoms with Crippen LogP contribution < -0.4 is 5.32 Å². The molecule has 0 saturated carbocycles. The Kier molecular flexibility index (Phi) is 10.3. The van der Waals surface area contributed by atoms with E-state index in [2.05, 4.69) is 11.9 Å². The number of hydrogen-bond acceptors (Lipinski definition) is 4. The standard InChI is InChI=1S/C19H29NO4/c1-3-4-5-6-7-8-9-10-11-14-24-19(22)16(2)20-18(21)17-13-12-15-23-17/h3,12-13,15-16H,1,4-11,14H2,2H3,(H,20,21). The Labute approximate surface area is 144 Å². The number of hydrogen-bond donors (Lipinski definition) is 1. The summed E-state index contributed by atoms with van der Waals surface area (Å²) in [4.78, 5) is 23.6. The van der Waals surface area contributed by atoms with Gasteiger partial charge in [0.05, 0.1) is 12.9 Å². The molecule has 1 N–H and O–H groups in total. The second-order valence-corrected chi connectivity index (χ2v) is 5.89. The van der Waals surface area contributed by atoms with Gasteiger partial charge < -0.3 is 14.5 Å². The molecule has 1 aromatic rings. The Morgan fingerprint density at radius 2 is 1.88 bits per heavy atom. The molecule has 0 aromatic carbocycles. The van der Waals surface area contributed by atoms with Gasteiger partial charge in [-0.3, -0.25) is 4.79 Å². The second kappa shape index (κ2) is 12.4. The van der Waals surface area contributed by atoms with Crippen LogP contribution in [0.4, 0.5) is 0 Å². The minimum absolute atomic E-state index is 0.183. The zero-order valence-electron chi connectivity index (χ0n) is 14.6. The first-order valence-corrected chi connectivity index (χ1v) is 8.77. The molecule has 0 aliphatic rings. The third-order valence-corrected chi connectivity index (χ3v) is 3.74. The SMILES string of the molecule is C=CCCCCCCCCCOC(=O)C(C)NC(=O)c1ccco1. The summed E-state index contributed by atoms with van der Waals surface area (Å²) in [5.41, 5.74) is 0. The van der Waals surface area contributed by atoms with Gasteiger partial charge in [-0.1, -0.05) is 38.2 Å². The number of carbonyl (C=O) groups is 2. The summed E-state index contributed by atoms with van der Waals surface area (Å²) in [5, 5.41) is 2.55. The predicted octanol–water partition coefficient (Wildman–Crippen LogP) is 4.25. The number of rotatable bonds is 13. The Bertz CT molecular complexity index is 482. The summed E-state index contributed by atoms with van der Waals surface area (Å²) in [7, 11) is 0. The first kappa shape index (κ1) is 20.0. The topological polar surface area (TPSA) is 68.5 Å². The van der Waals surface area contributed by atoms with Crippen molar-refractivity contribution < 1.29 is 18.7 Å². The van der Waals surface area contributed by atoms with E-state index in [0.717, 1.165) is 25.7 Å². The van der Waals surface area contributed by atoms with Gasteiger partial charge in [0.2, 0.25) is 0 Å². The molecular weight excluding hydrogens is 306 g/mol. The predicted molar refractivity (Wildman–Crippen MR) is 93.7 cm³/mol. The van der Waals surface area contributed by atoms with Gasteiger partial charge in [0.25, 0.3) is 5.91 Å². The second-order valence-electron chi connectivity index (χ2n) is 5.89. The van der Waals surface area contributed by atoms with Crippen molar-refractivity contribution in [3.63, 3.8) is 0 Å². The van der Waals surface area contributed by atoms with Crippen LogP contribution in [0.15, 0.2) is 35.5 Å². The third kappa shape index (κ3) is 8.56. The number of allylic oxidation sites excluding steroid dienone is 1. The summed E-state index contributed by atoms with van der Waals surface area (Å²) < 4.78 is 10.2. The monoisotopic (exact) mass is 335 g/mol. The van der Waals surface area contributed by atoms with Crippen molar-refractivity contribution in [2.24, 2.45) is 0 Å². The molecule has 0 spiro atoms. The van der Waals surface area contributed by atoms with Crippen LogP contribution in [-0.4, -0.2) is 24.5 Å². The summed E-state index contributed by atoms with van der Waals surface area (Å²) in [6.07, 6.45) is 12.5. The van der Waals surface area contributed by atoms with Crippen LogP contribution in [0.3, 0.4) is 0 Å². The van der Waals surface area contributed by atoms with Crippen LogP contribution in [0, 0.1) is 0 Å². The maximum absolute atomic E-state index is 11.8. The van der Waals surface area contributed by atoms with Crippen LogP contribution in [-0.2, 0) is 9.53 Å². The van der Waals surface area contributed by atoms with Gasteiger partial charge in [-0.05, 0) is 38.3 Å². The average Bonchev–Trinajstić information content (AvgIpc) is 3.11. The van der Waals surface area contributed by atoms with E-state index in [4.69, 9.17) is 9.15 Å².